The maximum absolute atomic E-state index is 12.6. The van der Waals surface area contributed by atoms with Crippen LogP contribution in [0, 0.1) is 0 Å². The molecule has 0 aromatic carbocycles. The maximum Gasteiger partial charge on any atom is 0.123 e. The molecule has 0 aromatic heterocycles. The van der Waals surface area contributed by atoms with E-state index in [9.17, 15) is 4.39 Å². The minimum atomic E-state index is -0.294. The third-order valence-electron chi connectivity index (χ3n) is 1.01. The van der Waals surface area contributed by atoms with Crippen LogP contribution in [0.5, 0.6) is 0 Å². The Bertz CT molecular complexity index is 185. The van der Waals surface area contributed by atoms with Gasteiger partial charge in [-0.25, -0.2) is 4.39 Å². The van der Waals surface area contributed by atoms with Gasteiger partial charge in [0.25, 0.3) is 0 Å². The first kappa shape index (κ1) is 8.95. The van der Waals surface area contributed by atoms with Crippen molar-refractivity contribution in [2.75, 3.05) is 0 Å². The van der Waals surface area contributed by atoms with Crippen molar-refractivity contribution in [3.63, 3.8) is 0 Å². The summed E-state index contributed by atoms with van der Waals surface area (Å²) in [5, 5.41) is 0. The van der Waals surface area contributed by atoms with E-state index in [1.807, 2.05) is 0 Å². The Morgan fingerprint density at radius 2 is 2.00 bits per heavy atom. The van der Waals surface area contributed by atoms with Crippen LogP contribution in [0.4, 0.5) is 4.39 Å². The van der Waals surface area contributed by atoms with Gasteiger partial charge in [-0.3, -0.25) is 0 Å². The van der Waals surface area contributed by atoms with Gasteiger partial charge in [-0.2, -0.15) is 0 Å². The van der Waals surface area contributed by atoms with Crippen molar-refractivity contribution in [2.24, 2.45) is 5.73 Å². The van der Waals surface area contributed by atoms with E-state index < -0.39 is 0 Å². The lowest BCUT2D eigenvalue weighted by Gasteiger charge is -1.92. The van der Waals surface area contributed by atoms with Crippen LogP contribution in [0.15, 0.2) is 35.8 Å². The second kappa shape index (κ2) is 3.88. The Kier molecular flexibility index (Phi) is 3.47. The van der Waals surface area contributed by atoms with Crippen molar-refractivity contribution in [2.45, 2.75) is 13.8 Å². The predicted octanol–water partition coefficient (Wildman–Crippen LogP) is 2.28. The average molecular weight is 141 g/mol. The third kappa shape index (κ3) is 3.07. The summed E-state index contributed by atoms with van der Waals surface area (Å²) in [4.78, 5) is 0. The van der Waals surface area contributed by atoms with Gasteiger partial charge in [0, 0.05) is 5.70 Å². The normalized spacial score (nSPS) is 10.9. The third-order valence-corrected chi connectivity index (χ3v) is 1.01. The van der Waals surface area contributed by atoms with Crippen LogP contribution < -0.4 is 5.73 Å². The summed E-state index contributed by atoms with van der Waals surface area (Å²) >= 11 is 0. The van der Waals surface area contributed by atoms with Crippen LogP contribution in [0.1, 0.15) is 13.8 Å². The quantitative estimate of drug-likeness (QED) is 0.586. The number of hydrogen-bond acceptors (Lipinski definition) is 1. The van der Waals surface area contributed by atoms with Gasteiger partial charge in [-0.15, -0.1) is 0 Å². The number of hydrogen-bond donors (Lipinski definition) is 1. The summed E-state index contributed by atoms with van der Waals surface area (Å²) in [6.45, 7) is 6.76. The summed E-state index contributed by atoms with van der Waals surface area (Å²) in [6, 6.07) is 0. The zero-order chi connectivity index (χ0) is 8.15. The Balaban J connectivity index is 4.42. The summed E-state index contributed by atoms with van der Waals surface area (Å²) in [5.41, 5.74) is 6.24. The van der Waals surface area contributed by atoms with Gasteiger partial charge in [-0.1, -0.05) is 6.58 Å². The number of nitrogens with two attached hydrogens (primary N) is 1. The molecule has 0 spiro atoms. The fourth-order valence-corrected chi connectivity index (χ4v) is 0.350. The van der Waals surface area contributed by atoms with Crippen molar-refractivity contribution in [1.29, 1.82) is 0 Å². The van der Waals surface area contributed by atoms with Gasteiger partial charge in [0.1, 0.15) is 5.83 Å². The van der Waals surface area contributed by atoms with Crippen molar-refractivity contribution < 1.29 is 4.39 Å². The fourth-order valence-electron chi connectivity index (χ4n) is 0.350. The number of rotatable bonds is 2. The lowest BCUT2D eigenvalue weighted by Crippen LogP contribution is -1.91. The molecule has 0 aliphatic rings. The van der Waals surface area contributed by atoms with Gasteiger partial charge in [-0.05, 0) is 31.6 Å². The number of halogens is 1. The second-order valence-corrected chi connectivity index (χ2v) is 2.20. The Hall–Kier alpha value is -1.05. The predicted molar refractivity (Wildman–Crippen MR) is 41.9 cm³/mol. The molecule has 10 heavy (non-hydrogen) atoms. The zero-order valence-corrected chi connectivity index (χ0v) is 6.32. The maximum atomic E-state index is 12.6. The van der Waals surface area contributed by atoms with E-state index in [1.165, 1.54) is 12.2 Å². The molecule has 2 heteroatoms. The first-order chi connectivity index (χ1) is 4.57. The molecule has 0 amide bonds. The number of allylic oxidation sites excluding steroid dienone is 4. The van der Waals surface area contributed by atoms with Crippen molar-refractivity contribution in [1.82, 2.24) is 0 Å². The first-order valence-electron chi connectivity index (χ1n) is 3.00. The molecule has 0 bridgehead atoms. The highest BCUT2D eigenvalue weighted by molar-refractivity contribution is 5.25. The summed E-state index contributed by atoms with van der Waals surface area (Å²) in [7, 11) is 0. The lowest BCUT2D eigenvalue weighted by atomic mass is 10.2. The van der Waals surface area contributed by atoms with Gasteiger partial charge in [0.15, 0.2) is 0 Å². The van der Waals surface area contributed by atoms with E-state index in [1.54, 1.807) is 13.8 Å². The molecule has 1 nitrogen and oxygen atoms in total. The van der Waals surface area contributed by atoms with Gasteiger partial charge in [0.05, 0.1) is 0 Å². The Labute approximate surface area is 60.7 Å². The molecule has 0 heterocycles. The van der Waals surface area contributed by atoms with E-state index in [0.717, 1.165) is 0 Å². The van der Waals surface area contributed by atoms with Gasteiger partial charge < -0.3 is 5.73 Å². The highest BCUT2D eigenvalue weighted by atomic mass is 19.1. The molecule has 0 saturated heterocycles. The molecule has 0 fully saturated rings. The molecule has 0 atom stereocenters. The fraction of sp³-hybridized carbons (Fsp3) is 0.250. The van der Waals surface area contributed by atoms with Crippen molar-refractivity contribution >= 4 is 0 Å². The van der Waals surface area contributed by atoms with Gasteiger partial charge >= 0.3 is 0 Å². The highest BCUT2D eigenvalue weighted by Crippen LogP contribution is 2.07. The topological polar surface area (TPSA) is 26.0 Å². The highest BCUT2D eigenvalue weighted by Gasteiger charge is 1.91. The molecular weight excluding hydrogens is 129 g/mol. The van der Waals surface area contributed by atoms with Crippen LogP contribution >= 0.6 is 0 Å². The van der Waals surface area contributed by atoms with E-state index in [0.29, 0.717) is 11.3 Å². The lowest BCUT2D eigenvalue weighted by molar-refractivity contribution is 0.653. The van der Waals surface area contributed by atoms with Crippen LogP contribution in [-0.2, 0) is 0 Å². The van der Waals surface area contributed by atoms with Crippen LogP contribution in [0.2, 0.25) is 0 Å². The van der Waals surface area contributed by atoms with E-state index in [4.69, 9.17) is 5.73 Å². The summed E-state index contributed by atoms with van der Waals surface area (Å²) in [6.07, 6.45) is 2.66. The molecule has 0 unspecified atom stereocenters. The van der Waals surface area contributed by atoms with Crippen molar-refractivity contribution in [3.05, 3.63) is 35.8 Å². The molecule has 0 aromatic rings. The van der Waals surface area contributed by atoms with E-state index in [-0.39, 0.29) is 5.83 Å². The van der Waals surface area contributed by atoms with Crippen LogP contribution in [0.25, 0.3) is 0 Å². The molecule has 0 aliphatic carbocycles. The Morgan fingerprint density at radius 3 is 2.30 bits per heavy atom. The van der Waals surface area contributed by atoms with E-state index >= 15 is 0 Å². The molecule has 0 aliphatic heterocycles. The SMILES string of the molecule is C=C/C(N)=C\C(F)=C(C)C. The van der Waals surface area contributed by atoms with Crippen LogP contribution in [-0.4, -0.2) is 0 Å². The monoisotopic (exact) mass is 141 g/mol. The molecule has 56 valence electrons. The minimum absolute atomic E-state index is 0.294. The zero-order valence-electron chi connectivity index (χ0n) is 6.32. The second-order valence-electron chi connectivity index (χ2n) is 2.20. The van der Waals surface area contributed by atoms with E-state index in [2.05, 4.69) is 6.58 Å². The molecule has 0 rings (SSSR count). The van der Waals surface area contributed by atoms with Crippen LogP contribution in [0.3, 0.4) is 0 Å². The Morgan fingerprint density at radius 1 is 1.50 bits per heavy atom. The summed E-state index contributed by atoms with van der Waals surface area (Å²) < 4.78 is 12.6. The molecule has 0 saturated carbocycles. The van der Waals surface area contributed by atoms with Gasteiger partial charge in [0.2, 0.25) is 0 Å². The molecule has 2 N–H and O–H groups in total. The smallest absolute Gasteiger partial charge is 0.123 e. The average Bonchev–Trinajstić information content (AvgIpc) is 1.87. The standard InChI is InChI=1S/C8H12FN/c1-4-7(10)5-8(9)6(2)3/h4-5H,1,10H2,2-3H3/b7-5+. The molecule has 0 radical (unpaired) electrons. The largest absolute Gasteiger partial charge is 0.399 e. The first-order valence-corrected chi connectivity index (χ1v) is 3.00. The minimum Gasteiger partial charge on any atom is -0.399 e. The molecular formula is C8H12FN. The summed E-state index contributed by atoms with van der Waals surface area (Å²) in [5.74, 6) is -0.294. The van der Waals surface area contributed by atoms with Crippen molar-refractivity contribution in [3.8, 4) is 0 Å².